The molecule has 0 amide bonds. The van der Waals surface area contributed by atoms with Crippen molar-refractivity contribution in [2.24, 2.45) is 0 Å². The van der Waals surface area contributed by atoms with Crippen LogP contribution in [-0.2, 0) is 10.4 Å². The molecular formula is C12H23NO7S. The van der Waals surface area contributed by atoms with Crippen molar-refractivity contribution in [1.29, 1.82) is 0 Å². The highest BCUT2D eigenvalue weighted by atomic mass is 32.3. The summed E-state index contributed by atoms with van der Waals surface area (Å²) in [6.45, 7) is 4.35. The fourth-order valence-corrected chi connectivity index (χ4v) is 1.28. The van der Waals surface area contributed by atoms with Gasteiger partial charge in [-0.25, -0.2) is 0 Å². The lowest BCUT2D eigenvalue weighted by molar-refractivity contribution is 0.171. The highest BCUT2D eigenvalue weighted by Gasteiger charge is 2.10. The van der Waals surface area contributed by atoms with Crippen molar-refractivity contribution in [2.75, 3.05) is 6.54 Å². The summed E-state index contributed by atoms with van der Waals surface area (Å²) < 4.78 is 31.6. The van der Waals surface area contributed by atoms with Gasteiger partial charge in [0.25, 0.3) is 0 Å². The van der Waals surface area contributed by atoms with Crippen LogP contribution in [0.2, 0.25) is 0 Å². The number of nitrogens with one attached hydrogen (secondary N) is 1. The Hall–Kier alpha value is -1.39. The first kappa shape index (κ1) is 21.9. The maximum Gasteiger partial charge on any atom is 0.394 e. The van der Waals surface area contributed by atoms with Crippen molar-refractivity contribution in [1.82, 2.24) is 5.32 Å². The lowest BCUT2D eigenvalue weighted by Gasteiger charge is -2.14. The summed E-state index contributed by atoms with van der Waals surface area (Å²) >= 11 is 0. The first-order valence-corrected chi connectivity index (χ1v) is 7.03. The Morgan fingerprint density at radius 2 is 1.48 bits per heavy atom. The third-order valence-corrected chi connectivity index (χ3v) is 2.03. The molecule has 6 N–H and O–H groups in total. The van der Waals surface area contributed by atoms with Crippen LogP contribution in [0.25, 0.3) is 0 Å². The van der Waals surface area contributed by atoms with E-state index in [1.165, 1.54) is 18.2 Å². The maximum absolute atomic E-state index is 9.73. The van der Waals surface area contributed by atoms with Gasteiger partial charge in [0.05, 0.1) is 6.10 Å². The van der Waals surface area contributed by atoms with E-state index in [0.717, 1.165) is 0 Å². The molecule has 0 heterocycles. The molecule has 0 aliphatic rings. The van der Waals surface area contributed by atoms with Gasteiger partial charge in [0.15, 0.2) is 0 Å². The lowest BCUT2D eigenvalue weighted by Crippen LogP contribution is -2.27. The summed E-state index contributed by atoms with van der Waals surface area (Å²) in [7, 11) is -4.67. The zero-order valence-corrected chi connectivity index (χ0v) is 11.9. The Balaban J connectivity index is 0. The molecule has 0 bridgehead atoms. The van der Waals surface area contributed by atoms with Gasteiger partial charge in [-0.15, -0.1) is 0 Å². The van der Waals surface area contributed by atoms with E-state index in [9.17, 15) is 15.3 Å². The lowest BCUT2D eigenvalue weighted by atomic mass is 10.1. The average Bonchev–Trinajstić information content (AvgIpc) is 2.22. The Kier molecular flexibility index (Phi) is 9.94. The molecule has 1 rings (SSSR count). The number of hydrogen-bond donors (Lipinski definition) is 6. The SMILES string of the molecule is C.CC(C)NCC(O)c1cc(O)cc(O)c1.O=S(=O)(O)O. The van der Waals surface area contributed by atoms with Crippen LogP contribution in [-0.4, -0.2) is 45.4 Å². The van der Waals surface area contributed by atoms with E-state index in [2.05, 4.69) is 5.32 Å². The summed E-state index contributed by atoms with van der Waals surface area (Å²) in [5.74, 6) is -0.0952. The molecule has 0 radical (unpaired) electrons. The van der Waals surface area contributed by atoms with E-state index < -0.39 is 16.5 Å². The van der Waals surface area contributed by atoms with Crippen LogP contribution in [0, 0.1) is 0 Å². The van der Waals surface area contributed by atoms with Gasteiger partial charge in [-0.2, -0.15) is 8.42 Å². The number of phenols is 2. The number of rotatable bonds is 4. The predicted octanol–water partition coefficient (Wildman–Crippen LogP) is 1.11. The number of aromatic hydroxyl groups is 2. The molecule has 0 saturated carbocycles. The van der Waals surface area contributed by atoms with E-state index in [-0.39, 0.29) is 25.0 Å². The van der Waals surface area contributed by atoms with Crippen LogP contribution in [0.15, 0.2) is 18.2 Å². The molecule has 1 unspecified atom stereocenters. The van der Waals surface area contributed by atoms with E-state index >= 15 is 0 Å². The molecule has 0 aromatic heterocycles. The standard InChI is InChI=1S/C11H17NO3.CH4.H2O4S/c1-7(2)12-6-11(15)8-3-9(13)5-10(14)4-8;;1-5(2,3)4/h3-5,7,11-15H,6H2,1-2H3;1H4;(H2,1,2,3,4). The van der Waals surface area contributed by atoms with Crippen molar-refractivity contribution >= 4 is 10.4 Å². The van der Waals surface area contributed by atoms with Crippen molar-refractivity contribution in [3.63, 3.8) is 0 Å². The summed E-state index contributed by atoms with van der Waals surface area (Å²) in [6, 6.07) is 4.38. The summed E-state index contributed by atoms with van der Waals surface area (Å²) in [4.78, 5) is 0. The largest absolute Gasteiger partial charge is 0.508 e. The second-order valence-electron chi connectivity index (χ2n) is 4.31. The Bertz CT molecular complexity index is 488. The van der Waals surface area contributed by atoms with Crippen molar-refractivity contribution in [3.05, 3.63) is 23.8 Å². The van der Waals surface area contributed by atoms with E-state index in [4.69, 9.17) is 17.5 Å². The fraction of sp³-hybridized carbons (Fsp3) is 0.500. The second kappa shape index (κ2) is 9.53. The molecule has 9 heteroatoms. The van der Waals surface area contributed by atoms with E-state index in [1.54, 1.807) is 0 Å². The zero-order chi connectivity index (χ0) is 15.9. The molecule has 0 aliphatic heterocycles. The van der Waals surface area contributed by atoms with E-state index in [1.807, 2.05) is 13.8 Å². The normalized spacial score (nSPS) is 12.1. The molecule has 21 heavy (non-hydrogen) atoms. The molecule has 1 aromatic carbocycles. The Labute approximate surface area is 124 Å². The van der Waals surface area contributed by atoms with Crippen LogP contribution < -0.4 is 5.32 Å². The topological polar surface area (TPSA) is 147 Å². The minimum atomic E-state index is -4.67. The monoisotopic (exact) mass is 325 g/mol. The maximum atomic E-state index is 9.73. The van der Waals surface area contributed by atoms with Crippen LogP contribution in [0.4, 0.5) is 0 Å². The molecule has 0 fully saturated rings. The minimum absolute atomic E-state index is 0. The first-order chi connectivity index (χ1) is 8.99. The number of aliphatic hydroxyl groups excluding tert-OH is 1. The van der Waals surface area contributed by atoms with Crippen molar-refractivity contribution < 1.29 is 32.8 Å². The van der Waals surface area contributed by atoms with Gasteiger partial charge in [-0.05, 0) is 17.7 Å². The van der Waals surface area contributed by atoms with Gasteiger partial charge in [-0.1, -0.05) is 21.3 Å². The van der Waals surface area contributed by atoms with Crippen molar-refractivity contribution in [2.45, 2.75) is 33.4 Å². The quantitative estimate of drug-likeness (QED) is 0.451. The number of benzene rings is 1. The highest BCUT2D eigenvalue weighted by molar-refractivity contribution is 7.79. The molecule has 8 nitrogen and oxygen atoms in total. The fourth-order valence-electron chi connectivity index (χ4n) is 1.28. The highest BCUT2D eigenvalue weighted by Crippen LogP contribution is 2.24. The first-order valence-electron chi connectivity index (χ1n) is 5.63. The Morgan fingerprint density at radius 3 is 1.81 bits per heavy atom. The van der Waals surface area contributed by atoms with Gasteiger partial charge in [0.2, 0.25) is 0 Å². The van der Waals surface area contributed by atoms with Gasteiger partial charge in [-0.3, -0.25) is 9.11 Å². The van der Waals surface area contributed by atoms with Gasteiger partial charge < -0.3 is 20.6 Å². The predicted molar refractivity (Wildman–Crippen MR) is 78.8 cm³/mol. The van der Waals surface area contributed by atoms with Crippen molar-refractivity contribution in [3.8, 4) is 11.5 Å². The Morgan fingerprint density at radius 1 is 1.10 bits per heavy atom. The third-order valence-electron chi connectivity index (χ3n) is 2.03. The molecule has 0 spiro atoms. The molecular weight excluding hydrogens is 302 g/mol. The zero-order valence-electron chi connectivity index (χ0n) is 11.1. The smallest absolute Gasteiger partial charge is 0.394 e. The van der Waals surface area contributed by atoms with Crippen LogP contribution >= 0.6 is 0 Å². The van der Waals surface area contributed by atoms with Gasteiger partial charge >= 0.3 is 10.4 Å². The number of aliphatic hydroxyl groups is 1. The van der Waals surface area contributed by atoms with Gasteiger partial charge in [0, 0.05) is 18.7 Å². The minimum Gasteiger partial charge on any atom is -0.508 e. The molecule has 1 atom stereocenters. The summed E-state index contributed by atoms with van der Waals surface area (Å²) in [6.07, 6.45) is -0.731. The van der Waals surface area contributed by atoms with Gasteiger partial charge in [0.1, 0.15) is 11.5 Å². The van der Waals surface area contributed by atoms with E-state index in [0.29, 0.717) is 12.1 Å². The second-order valence-corrected chi connectivity index (χ2v) is 5.20. The number of phenolic OH excluding ortho intramolecular Hbond substituents is 2. The van der Waals surface area contributed by atoms with Crippen LogP contribution in [0.1, 0.15) is 32.9 Å². The average molecular weight is 325 g/mol. The molecule has 124 valence electrons. The summed E-state index contributed by atoms with van der Waals surface area (Å²) in [5, 5.41) is 31.3. The molecule has 0 saturated heterocycles. The van der Waals surface area contributed by atoms with Crippen LogP contribution in [0.5, 0.6) is 11.5 Å². The summed E-state index contributed by atoms with van der Waals surface area (Å²) in [5.41, 5.74) is 0.501. The number of hydrogen-bond acceptors (Lipinski definition) is 6. The molecule has 0 aliphatic carbocycles. The van der Waals surface area contributed by atoms with Crippen LogP contribution in [0.3, 0.4) is 0 Å². The third kappa shape index (κ3) is 13.4. The molecule has 1 aromatic rings.